The Morgan fingerprint density at radius 2 is 1.23 bits per heavy atom. The molecule has 0 saturated carbocycles. The Morgan fingerprint density at radius 1 is 0.660 bits per heavy atom. The fourth-order valence-electron chi connectivity index (χ4n) is 4.30. The van der Waals surface area contributed by atoms with E-state index >= 15 is 0 Å². The summed E-state index contributed by atoms with van der Waals surface area (Å²) in [5.41, 5.74) is 1.35. The van der Waals surface area contributed by atoms with Gasteiger partial charge in [-0.25, -0.2) is 9.59 Å². The van der Waals surface area contributed by atoms with Gasteiger partial charge in [0.25, 0.3) is 0 Å². The number of ether oxygens (including phenoxy) is 1. The molecule has 7 N–H and O–H groups in total. The highest BCUT2D eigenvalue weighted by molar-refractivity contribution is 5.93. The molecule has 0 heterocycles. The number of carboxylic acid groups (broad SMARTS) is 1. The molecule has 2 aromatic rings. The van der Waals surface area contributed by atoms with Crippen molar-refractivity contribution in [1.29, 1.82) is 0 Å². The summed E-state index contributed by atoms with van der Waals surface area (Å²) in [6, 6.07) is 11.5. The predicted octanol–water partition coefficient (Wildman–Crippen LogP) is 1.26. The first-order valence-electron chi connectivity index (χ1n) is 15.4. The maximum atomic E-state index is 13.1. The number of hydrogen-bond acceptors (Lipinski definition) is 8. The highest BCUT2D eigenvalue weighted by Crippen LogP contribution is 2.12. The van der Waals surface area contributed by atoms with Gasteiger partial charge in [0.05, 0.1) is 19.7 Å². The van der Waals surface area contributed by atoms with Gasteiger partial charge in [-0.15, -0.1) is 0 Å². The van der Waals surface area contributed by atoms with Gasteiger partial charge < -0.3 is 41.5 Å². The van der Waals surface area contributed by atoms with E-state index < -0.39 is 66.9 Å². The normalized spacial score (nSPS) is 12.7. The second kappa shape index (κ2) is 19.4. The number of aromatic hydroxyl groups is 1. The molecule has 0 unspecified atom stereocenters. The molecule has 0 aromatic heterocycles. The van der Waals surface area contributed by atoms with E-state index in [4.69, 9.17) is 4.74 Å². The fraction of sp³-hybridized carbons (Fsp3) is 0.455. The molecular formula is C33H45N5O9. The van der Waals surface area contributed by atoms with Crippen LogP contribution in [0.2, 0.25) is 0 Å². The third kappa shape index (κ3) is 15.1. The summed E-state index contributed by atoms with van der Waals surface area (Å²) in [4.78, 5) is 75.3. The van der Waals surface area contributed by atoms with Crippen molar-refractivity contribution in [3.05, 3.63) is 65.7 Å². The first kappa shape index (κ1) is 38.0. The lowest BCUT2D eigenvalue weighted by atomic mass is 10.0. The summed E-state index contributed by atoms with van der Waals surface area (Å²) in [5.74, 6) is -3.91. The third-order valence-corrected chi connectivity index (χ3v) is 6.66. The van der Waals surface area contributed by atoms with Crippen molar-refractivity contribution in [3.63, 3.8) is 0 Å². The highest BCUT2D eigenvalue weighted by Gasteiger charge is 2.28. The average Bonchev–Trinajstić information content (AvgIpc) is 3.01. The molecule has 0 saturated heterocycles. The van der Waals surface area contributed by atoms with E-state index in [1.807, 2.05) is 27.7 Å². The number of phenols is 1. The van der Waals surface area contributed by atoms with Crippen LogP contribution in [0.5, 0.6) is 5.75 Å². The molecule has 0 aliphatic heterocycles. The molecule has 3 atom stereocenters. The van der Waals surface area contributed by atoms with E-state index in [2.05, 4.69) is 26.6 Å². The van der Waals surface area contributed by atoms with Gasteiger partial charge in [-0.3, -0.25) is 19.2 Å². The van der Waals surface area contributed by atoms with E-state index in [9.17, 15) is 39.0 Å². The van der Waals surface area contributed by atoms with Gasteiger partial charge in [0.2, 0.25) is 23.6 Å². The van der Waals surface area contributed by atoms with Crippen molar-refractivity contribution in [2.75, 3.05) is 19.7 Å². The van der Waals surface area contributed by atoms with Gasteiger partial charge in [-0.1, -0.05) is 70.2 Å². The summed E-state index contributed by atoms with van der Waals surface area (Å²) in [6.07, 6.45) is -0.505. The number of alkyl carbamates (subject to hydrolysis) is 1. The topological polar surface area (TPSA) is 212 Å². The second-order valence-corrected chi connectivity index (χ2v) is 11.9. The number of benzene rings is 2. The standard InChI is InChI=1S/C33H45N5O9/c1-20(2)14-27(32(44)45)37-31(43)26(15-22-8-6-5-7-9-22)36-29(41)18-34-28(40)17-35-30(42)25(38-33(46)47-19-21(3)4)16-23-10-12-24(39)13-11-23/h5-13,20-21,25-27,39H,14-19H2,1-4H3,(H,34,40)(H,35,42)(H,36,41)(H,37,43)(H,38,46)(H,44,45)/t25-,26-,27-/m0/s1. The summed E-state index contributed by atoms with van der Waals surface area (Å²) in [6.45, 7) is 6.44. The number of carbonyl (C=O) groups is 6. The third-order valence-electron chi connectivity index (χ3n) is 6.66. The first-order valence-corrected chi connectivity index (χ1v) is 15.4. The number of rotatable bonds is 18. The lowest BCUT2D eigenvalue weighted by Gasteiger charge is -2.22. The molecule has 0 spiro atoms. The van der Waals surface area contributed by atoms with Crippen molar-refractivity contribution >= 4 is 35.7 Å². The Balaban J connectivity index is 1.98. The molecule has 47 heavy (non-hydrogen) atoms. The average molecular weight is 656 g/mol. The number of carbonyl (C=O) groups excluding carboxylic acids is 5. The van der Waals surface area contributed by atoms with Gasteiger partial charge in [-0.05, 0) is 41.5 Å². The quantitative estimate of drug-likeness (QED) is 0.123. The monoisotopic (exact) mass is 655 g/mol. The second-order valence-electron chi connectivity index (χ2n) is 11.9. The molecule has 0 aliphatic carbocycles. The minimum atomic E-state index is -1.20. The summed E-state index contributed by atoms with van der Waals surface area (Å²) in [5, 5.41) is 31.4. The first-order chi connectivity index (χ1) is 22.2. The Bertz CT molecular complexity index is 1350. The Labute approximate surface area is 274 Å². The Morgan fingerprint density at radius 3 is 1.81 bits per heavy atom. The van der Waals surface area contributed by atoms with Crippen LogP contribution in [0.15, 0.2) is 54.6 Å². The van der Waals surface area contributed by atoms with Crippen LogP contribution in [0.1, 0.15) is 45.2 Å². The van der Waals surface area contributed by atoms with Crippen LogP contribution in [0.4, 0.5) is 4.79 Å². The zero-order valence-electron chi connectivity index (χ0n) is 27.1. The van der Waals surface area contributed by atoms with E-state index in [0.29, 0.717) is 5.56 Å². The van der Waals surface area contributed by atoms with Crippen LogP contribution in [0.25, 0.3) is 0 Å². The number of amides is 5. The molecule has 2 rings (SSSR count). The van der Waals surface area contributed by atoms with Gasteiger partial charge in [0, 0.05) is 12.8 Å². The number of nitrogens with one attached hydrogen (secondary N) is 5. The number of carboxylic acids is 1. The largest absolute Gasteiger partial charge is 0.508 e. The number of aliphatic carboxylic acids is 1. The van der Waals surface area contributed by atoms with Crippen LogP contribution >= 0.6 is 0 Å². The SMILES string of the molecule is CC(C)COC(=O)N[C@@H](Cc1ccc(O)cc1)C(=O)NCC(=O)NCC(=O)N[C@@H](Cc1ccccc1)C(=O)N[C@@H](CC(C)C)C(=O)O. The molecule has 256 valence electrons. The van der Waals surface area contributed by atoms with Crippen LogP contribution in [-0.2, 0) is 41.6 Å². The van der Waals surface area contributed by atoms with Crippen molar-refractivity contribution in [2.45, 2.75) is 65.1 Å². The van der Waals surface area contributed by atoms with Crippen LogP contribution in [-0.4, -0.2) is 83.7 Å². The maximum absolute atomic E-state index is 13.1. The Hall–Kier alpha value is -5.14. The molecular weight excluding hydrogens is 610 g/mol. The molecule has 2 aromatic carbocycles. The molecule has 0 fully saturated rings. The highest BCUT2D eigenvalue weighted by atomic mass is 16.5. The Kier molecular flexibility index (Phi) is 15.7. The van der Waals surface area contributed by atoms with Crippen LogP contribution in [0.3, 0.4) is 0 Å². The smallest absolute Gasteiger partial charge is 0.407 e. The van der Waals surface area contributed by atoms with E-state index in [1.165, 1.54) is 12.1 Å². The minimum absolute atomic E-state index is 0.00756. The number of phenolic OH excluding ortho intramolecular Hbond substituents is 1. The lowest BCUT2D eigenvalue weighted by molar-refractivity contribution is -0.142. The predicted molar refractivity (Wildman–Crippen MR) is 172 cm³/mol. The van der Waals surface area contributed by atoms with Crippen LogP contribution in [0, 0.1) is 11.8 Å². The van der Waals surface area contributed by atoms with Crippen molar-refractivity contribution in [2.24, 2.45) is 11.8 Å². The van der Waals surface area contributed by atoms with Gasteiger partial charge in [0.1, 0.15) is 23.9 Å². The zero-order chi connectivity index (χ0) is 34.9. The fourth-order valence-corrected chi connectivity index (χ4v) is 4.30. The molecule has 5 amide bonds. The summed E-state index contributed by atoms with van der Waals surface area (Å²) in [7, 11) is 0. The van der Waals surface area contributed by atoms with Crippen LogP contribution < -0.4 is 26.6 Å². The van der Waals surface area contributed by atoms with Gasteiger partial charge in [0.15, 0.2) is 0 Å². The van der Waals surface area contributed by atoms with Crippen molar-refractivity contribution < 1.29 is 43.7 Å². The molecule has 0 bridgehead atoms. The van der Waals surface area contributed by atoms with E-state index in [0.717, 1.165) is 5.56 Å². The molecule has 14 nitrogen and oxygen atoms in total. The summed E-state index contributed by atoms with van der Waals surface area (Å²) < 4.78 is 5.12. The molecule has 0 aliphatic rings. The van der Waals surface area contributed by atoms with E-state index in [1.54, 1.807) is 42.5 Å². The van der Waals surface area contributed by atoms with Gasteiger partial charge >= 0.3 is 12.1 Å². The lowest BCUT2D eigenvalue weighted by Crippen LogP contribution is -2.54. The van der Waals surface area contributed by atoms with Crippen molar-refractivity contribution in [3.8, 4) is 5.75 Å². The maximum Gasteiger partial charge on any atom is 0.407 e. The van der Waals surface area contributed by atoms with Gasteiger partial charge in [-0.2, -0.15) is 0 Å². The number of hydrogen-bond donors (Lipinski definition) is 7. The zero-order valence-corrected chi connectivity index (χ0v) is 27.1. The molecule has 14 heteroatoms. The van der Waals surface area contributed by atoms with Crippen molar-refractivity contribution in [1.82, 2.24) is 26.6 Å². The summed E-state index contributed by atoms with van der Waals surface area (Å²) >= 11 is 0. The minimum Gasteiger partial charge on any atom is -0.508 e. The molecule has 0 radical (unpaired) electrons. The van der Waals surface area contributed by atoms with E-state index in [-0.39, 0.29) is 43.5 Å².